The molecule has 4 heteroatoms. The topological polar surface area (TPSA) is 62.4 Å². The highest BCUT2D eigenvalue weighted by Crippen LogP contribution is 2.27. The van der Waals surface area contributed by atoms with Gasteiger partial charge >= 0.3 is 0 Å². The molecule has 1 aromatic rings. The van der Waals surface area contributed by atoms with E-state index in [1.54, 1.807) is 0 Å². The van der Waals surface area contributed by atoms with E-state index in [0.717, 1.165) is 36.3 Å². The van der Waals surface area contributed by atoms with Crippen molar-refractivity contribution < 1.29 is 5.11 Å². The Morgan fingerprint density at radius 3 is 2.78 bits per heavy atom. The first-order valence-corrected chi connectivity index (χ1v) is 6.71. The van der Waals surface area contributed by atoms with Crippen molar-refractivity contribution in [1.82, 2.24) is 4.98 Å². The highest BCUT2D eigenvalue weighted by atomic mass is 16.3. The zero-order valence-corrected chi connectivity index (χ0v) is 11.3. The molecule has 1 saturated carbocycles. The zero-order valence-electron chi connectivity index (χ0n) is 11.3. The lowest BCUT2D eigenvalue weighted by Gasteiger charge is -2.36. The normalized spacial score (nSPS) is 24.0. The van der Waals surface area contributed by atoms with Crippen molar-refractivity contribution in [3.8, 4) is 0 Å². The Labute approximate surface area is 109 Å². The van der Waals surface area contributed by atoms with E-state index in [2.05, 4.69) is 9.88 Å². The van der Waals surface area contributed by atoms with Crippen molar-refractivity contribution >= 4 is 5.82 Å². The Hall–Kier alpha value is -1.13. The number of aliphatic hydroxyl groups excluding tert-OH is 1. The van der Waals surface area contributed by atoms with Gasteiger partial charge in [0.15, 0.2) is 0 Å². The van der Waals surface area contributed by atoms with Crippen molar-refractivity contribution in [3.63, 3.8) is 0 Å². The largest absolute Gasteiger partial charge is 0.391 e. The monoisotopic (exact) mass is 249 g/mol. The van der Waals surface area contributed by atoms with Crippen LogP contribution in [0.25, 0.3) is 0 Å². The number of anilines is 1. The smallest absolute Gasteiger partial charge is 0.133 e. The van der Waals surface area contributed by atoms with Crippen LogP contribution in [-0.4, -0.2) is 29.3 Å². The Morgan fingerprint density at radius 1 is 1.39 bits per heavy atom. The molecule has 2 atom stereocenters. The molecule has 1 aliphatic rings. The molecule has 3 N–H and O–H groups in total. The summed E-state index contributed by atoms with van der Waals surface area (Å²) in [5, 5.41) is 10.1. The minimum absolute atomic E-state index is 0.165. The second-order valence-electron chi connectivity index (χ2n) is 5.17. The van der Waals surface area contributed by atoms with Crippen molar-refractivity contribution in [3.05, 3.63) is 23.4 Å². The average Bonchev–Trinajstić information content (AvgIpc) is 2.38. The second kappa shape index (κ2) is 5.67. The average molecular weight is 249 g/mol. The molecule has 2 rings (SSSR count). The Kier molecular flexibility index (Phi) is 4.19. The van der Waals surface area contributed by atoms with Crippen molar-refractivity contribution in [2.45, 2.75) is 51.3 Å². The fraction of sp³-hybridized carbons (Fsp3) is 0.643. The lowest BCUT2D eigenvalue weighted by atomic mass is 9.91. The number of hydrogen-bond donors (Lipinski definition) is 2. The van der Waals surface area contributed by atoms with Crippen LogP contribution in [0.15, 0.2) is 12.1 Å². The molecule has 1 heterocycles. The van der Waals surface area contributed by atoms with Gasteiger partial charge in [0.1, 0.15) is 5.82 Å². The molecule has 0 aromatic carbocycles. The molecule has 0 aliphatic heterocycles. The quantitative estimate of drug-likeness (QED) is 0.854. The first kappa shape index (κ1) is 13.3. The van der Waals surface area contributed by atoms with Crippen LogP contribution in [0.5, 0.6) is 0 Å². The van der Waals surface area contributed by atoms with E-state index in [1.807, 2.05) is 26.1 Å². The van der Waals surface area contributed by atoms with Crippen LogP contribution in [0.2, 0.25) is 0 Å². The fourth-order valence-electron chi connectivity index (χ4n) is 2.74. The van der Waals surface area contributed by atoms with Gasteiger partial charge < -0.3 is 15.7 Å². The van der Waals surface area contributed by atoms with Crippen LogP contribution in [0.4, 0.5) is 5.82 Å². The molecule has 0 spiro atoms. The van der Waals surface area contributed by atoms with Crippen molar-refractivity contribution in [1.29, 1.82) is 0 Å². The molecular weight excluding hydrogens is 226 g/mol. The van der Waals surface area contributed by atoms with Gasteiger partial charge in [-0.1, -0.05) is 18.9 Å². The third kappa shape index (κ3) is 2.65. The van der Waals surface area contributed by atoms with E-state index in [4.69, 9.17) is 5.73 Å². The number of hydrogen-bond acceptors (Lipinski definition) is 4. The number of likely N-dealkylation sites (N-methyl/N-ethyl adjacent to an activating group) is 1. The van der Waals surface area contributed by atoms with Crippen LogP contribution in [0.1, 0.15) is 36.9 Å². The van der Waals surface area contributed by atoms with Crippen LogP contribution in [0, 0.1) is 6.92 Å². The number of nitrogens with zero attached hydrogens (tertiary/aromatic N) is 2. The molecule has 1 fully saturated rings. The molecule has 1 aromatic heterocycles. The van der Waals surface area contributed by atoms with E-state index in [1.165, 1.54) is 6.42 Å². The van der Waals surface area contributed by atoms with Crippen LogP contribution in [-0.2, 0) is 6.54 Å². The van der Waals surface area contributed by atoms with E-state index in [0.29, 0.717) is 6.54 Å². The Balaban J connectivity index is 2.26. The van der Waals surface area contributed by atoms with Gasteiger partial charge in [0, 0.05) is 24.8 Å². The predicted molar refractivity (Wildman–Crippen MR) is 73.5 cm³/mol. The van der Waals surface area contributed by atoms with Crippen molar-refractivity contribution in [2.75, 3.05) is 11.9 Å². The molecule has 4 nitrogen and oxygen atoms in total. The second-order valence-corrected chi connectivity index (χ2v) is 5.17. The van der Waals surface area contributed by atoms with Crippen LogP contribution < -0.4 is 10.6 Å². The molecule has 0 saturated heterocycles. The maximum atomic E-state index is 10.1. The van der Waals surface area contributed by atoms with E-state index >= 15 is 0 Å². The summed E-state index contributed by atoms with van der Waals surface area (Å²) in [5.41, 5.74) is 7.80. The Morgan fingerprint density at radius 2 is 2.11 bits per heavy atom. The van der Waals surface area contributed by atoms with Gasteiger partial charge in [0.05, 0.1) is 12.1 Å². The summed E-state index contributed by atoms with van der Waals surface area (Å²) >= 11 is 0. The summed E-state index contributed by atoms with van der Waals surface area (Å²) in [6.07, 6.45) is 3.96. The van der Waals surface area contributed by atoms with Gasteiger partial charge in [-0.15, -0.1) is 0 Å². The zero-order chi connectivity index (χ0) is 13.1. The predicted octanol–water partition coefficient (Wildman–Crippen LogP) is 1.59. The summed E-state index contributed by atoms with van der Waals surface area (Å²) < 4.78 is 0. The highest BCUT2D eigenvalue weighted by molar-refractivity contribution is 5.48. The lowest BCUT2D eigenvalue weighted by molar-refractivity contribution is 0.106. The number of aryl methyl sites for hydroxylation is 1. The first-order valence-electron chi connectivity index (χ1n) is 6.71. The summed E-state index contributed by atoms with van der Waals surface area (Å²) in [7, 11) is 2.01. The lowest BCUT2D eigenvalue weighted by Crippen LogP contribution is -2.44. The summed E-state index contributed by atoms with van der Waals surface area (Å²) in [6, 6.07) is 4.18. The van der Waals surface area contributed by atoms with Gasteiger partial charge in [-0.3, -0.25) is 0 Å². The Bertz CT molecular complexity index is 408. The van der Waals surface area contributed by atoms with Crippen LogP contribution in [0.3, 0.4) is 0 Å². The SMILES string of the molecule is Cc1ccc(CN)c(N(C)C2CCCCC2O)n1. The number of aliphatic hydroxyl groups is 1. The molecule has 100 valence electrons. The van der Waals surface area contributed by atoms with E-state index in [-0.39, 0.29) is 12.1 Å². The standard InChI is InChI=1S/C14H23N3O/c1-10-7-8-11(9-15)14(16-10)17(2)12-5-3-4-6-13(12)18/h7-8,12-13,18H,3-6,9,15H2,1-2H3. The van der Waals surface area contributed by atoms with Crippen LogP contribution >= 0.6 is 0 Å². The first-order chi connectivity index (χ1) is 8.63. The van der Waals surface area contributed by atoms with E-state index < -0.39 is 0 Å². The molecular formula is C14H23N3O. The molecule has 0 amide bonds. The summed E-state index contributed by atoms with van der Waals surface area (Å²) in [6.45, 7) is 2.46. The molecule has 18 heavy (non-hydrogen) atoms. The van der Waals surface area contributed by atoms with Gasteiger partial charge in [0.2, 0.25) is 0 Å². The van der Waals surface area contributed by atoms with E-state index in [9.17, 15) is 5.11 Å². The van der Waals surface area contributed by atoms with Gasteiger partial charge in [-0.05, 0) is 25.8 Å². The maximum Gasteiger partial charge on any atom is 0.133 e. The number of aromatic nitrogens is 1. The summed E-state index contributed by atoms with van der Waals surface area (Å²) in [4.78, 5) is 6.70. The van der Waals surface area contributed by atoms with Gasteiger partial charge in [-0.25, -0.2) is 4.98 Å². The molecule has 0 radical (unpaired) electrons. The number of rotatable bonds is 3. The maximum absolute atomic E-state index is 10.1. The number of pyridine rings is 1. The summed E-state index contributed by atoms with van der Waals surface area (Å²) in [5.74, 6) is 0.920. The molecule has 1 aliphatic carbocycles. The minimum atomic E-state index is -0.253. The third-order valence-corrected chi connectivity index (χ3v) is 3.84. The minimum Gasteiger partial charge on any atom is -0.391 e. The van der Waals surface area contributed by atoms with Gasteiger partial charge in [-0.2, -0.15) is 0 Å². The van der Waals surface area contributed by atoms with Gasteiger partial charge in [0.25, 0.3) is 0 Å². The third-order valence-electron chi connectivity index (χ3n) is 3.84. The fourth-order valence-corrected chi connectivity index (χ4v) is 2.74. The molecule has 2 unspecified atom stereocenters. The molecule has 0 bridgehead atoms. The van der Waals surface area contributed by atoms with Crippen molar-refractivity contribution in [2.24, 2.45) is 5.73 Å². The number of nitrogens with two attached hydrogens (primary N) is 1. The highest BCUT2D eigenvalue weighted by Gasteiger charge is 2.28.